The van der Waals surface area contributed by atoms with E-state index in [4.69, 9.17) is 8.92 Å². The number of fused-ring (bicyclic) bond motifs is 2. The van der Waals surface area contributed by atoms with Gasteiger partial charge in [-0.05, 0) is 109 Å². The van der Waals surface area contributed by atoms with E-state index in [1.54, 1.807) is 24.3 Å². The SMILES string of the molecule is Cc1ccc(OS(=O)O)c(C)c1/C=c1\ccc2c(c1)Oc1cc(Cc3c(C)cccc3C)ccc1C=2c1ccccc1S(=O)(=O)O. The maximum Gasteiger partial charge on any atom is 0.357 e. The van der Waals surface area contributed by atoms with E-state index in [2.05, 4.69) is 26.0 Å². The van der Waals surface area contributed by atoms with Crippen LogP contribution in [0.1, 0.15) is 50.1 Å². The van der Waals surface area contributed by atoms with Crippen molar-refractivity contribution in [3.8, 4) is 17.2 Å². The molecule has 1 unspecified atom stereocenters. The lowest BCUT2D eigenvalue weighted by Crippen LogP contribution is -2.21. The Morgan fingerprint density at radius 3 is 2.26 bits per heavy atom. The molecule has 234 valence electrons. The Morgan fingerprint density at radius 1 is 0.804 bits per heavy atom. The first-order chi connectivity index (χ1) is 21.9. The maximum absolute atomic E-state index is 12.5. The third-order valence-corrected chi connectivity index (χ3v) is 9.66. The summed E-state index contributed by atoms with van der Waals surface area (Å²) in [6.45, 7) is 7.96. The van der Waals surface area contributed by atoms with Crippen molar-refractivity contribution in [1.82, 2.24) is 0 Å². The summed E-state index contributed by atoms with van der Waals surface area (Å²) in [5.41, 5.74) is 8.85. The Bertz CT molecular complexity index is 2270. The average Bonchev–Trinajstić information content (AvgIpc) is 3.00. The zero-order chi connectivity index (χ0) is 32.7. The summed E-state index contributed by atoms with van der Waals surface area (Å²) >= 11 is -2.46. The third kappa shape index (κ3) is 6.15. The van der Waals surface area contributed by atoms with Crippen molar-refractivity contribution in [2.24, 2.45) is 0 Å². The van der Waals surface area contributed by atoms with Crippen LogP contribution in [0.5, 0.6) is 17.2 Å². The summed E-state index contributed by atoms with van der Waals surface area (Å²) in [6.07, 6.45) is 2.64. The van der Waals surface area contributed by atoms with Gasteiger partial charge in [-0.3, -0.25) is 9.11 Å². The fourth-order valence-corrected chi connectivity index (χ4v) is 7.10. The average molecular weight is 653 g/mol. The second-order valence-corrected chi connectivity index (χ2v) is 13.4. The highest BCUT2D eigenvalue weighted by Crippen LogP contribution is 2.39. The van der Waals surface area contributed by atoms with Gasteiger partial charge >= 0.3 is 11.4 Å². The molecule has 0 saturated carbocycles. The summed E-state index contributed by atoms with van der Waals surface area (Å²) in [7, 11) is -4.54. The number of rotatable bonds is 7. The Kier molecular flexibility index (Phi) is 8.43. The van der Waals surface area contributed by atoms with E-state index < -0.39 is 21.5 Å². The van der Waals surface area contributed by atoms with E-state index in [0.29, 0.717) is 51.2 Å². The molecule has 5 aromatic rings. The van der Waals surface area contributed by atoms with Gasteiger partial charge in [-0.1, -0.05) is 60.7 Å². The van der Waals surface area contributed by atoms with Crippen molar-refractivity contribution in [3.63, 3.8) is 0 Å². The Labute approximate surface area is 270 Å². The van der Waals surface area contributed by atoms with Crippen LogP contribution in [0.25, 0.3) is 11.6 Å². The third-order valence-electron chi connectivity index (χ3n) is 8.43. The van der Waals surface area contributed by atoms with Crippen LogP contribution in [0.4, 0.5) is 0 Å². The van der Waals surface area contributed by atoms with Gasteiger partial charge in [-0.15, -0.1) is 0 Å². The predicted octanol–water partition coefficient (Wildman–Crippen LogP) is 6.46. The highest BCUT2D eigenvalue weighted by molar-refractivity contribution is 7.86. The molecule has 0 fully saturated rings. The molecule has 9 heteroatoms. The van der Waals surface area contributed by atoms with Crippen LogP contribution < -0.4 is 19.4 Å². The number of hydrogen-bond acceptors (Lipinski definition) is 5. The van der Waals surface area contributed by atoms with Crippen LogP contribution in [0, 0.1) is 27.7 Å². The van der Waals surface area contributed by atoms with Crippen molar-refractivity contribution in [2.75, 3.05) is 0 Å². The topological polar surface area (TPSA) is 110 Å². The van der Waals surface area contributed by atoms with Crippen LogP contribution in [0.15, 0.2) is 95.9 Å². The predicted molar refractivity (Wildman–Crippen MR) is 180 cm³/mol. The van der Waals surface area contributed by atoms with E-state index >= 15 is 0 Å². The monoisotopic (exact) mass is 652 g/mol. The second kappa shape index (κ2) is 12.3. The van der Waals surface area contributed by atoms with E-state index in [9.17, 15) is 21.7 Å². The van der Waals surface area contributed by atoms with Gasteiger partial charge in [0.2, 0.25) is 0 Å². The van der Waals surface area contributed by atoms with Crippen LogP contribution in [-0.2, 0) is 27.9 Å². The number of aryl methyl sites for hydroxylation is 3. The molecule has 7 nitrogen and oxygen atoms in total. The molecule has 0 aliphatic carbocycles. The van der Waals surface area contributed by atoms with Gasteiger partial charge in [0.25, 0.3) is 10.1 Å². The Balaban J connectivity index is 1.57. The minimum absolute atomic E-state index is 0.191. The summed E-state index contributed by atoms with van der Waals surface area (Å²) in [5.74, 6) is 1.39. The first kappa shape index (κ1) is 31.4. The molecule has 0 radical (unpaired) electrons. The van der Waals surface area contributed by atoms with Gasteiger partial charge < -0.3 is 8.92 Å². The van der Waals surface area contributed by atoms with E-state index in [0.717, 1.165) is 21.9 Å². The zero-order valence-electron chi connectivity index (χ0n) is 25.7. The molecule has 46 heavy (non-hydrogen) atoms. The minimum atomic E-state index is -4.54. The molecule has 1 atom stereocenters. The van der Waals surface area contributed by atoms with Crippen LogP contribution >= 0.6 is 0 Å². The first-order valence-electron chi connectivity index (χ1n) is 14.6. The molecule has 0 bridgehead atoms. The van der Waals surface area contributed by atoms with Gasteiger partial charge in [0, 0.05) is 27.5 Å². The van der Waals surface area contributed by atoms with E-state index in [1.807, 2.05) is 68.5 Å². The lowest BCUT2D eigenvalue weighted by Gasteiger charge is -2.23. The van der Waals surface area contributed by atoms with Gasteiger partial charge in [-0.25, -0.2) is 0 Å². The second-order valence-electron chi connectivity index (χ2n) is 11.4. The molecular weight excluding hydrogens is 621 g/mol. The van der Waals surface area contributed by atoms with Crippen molar-refractivity contribution in [2.45, 2.75) is 39.0 Å². The van der Waals surface area contributed by atoms with Crippen LogP contribution in [0.3, 0.4) is 0 Å². The molecule has 0 aromatic heterocycles. The number of ether oxygens (including phenoxy) is 1. The fraction of sp³-hybridized carbons (Fsp3) is 0.135. The minimum Gasteiger partial charge on any atom is -0.456 e. The van der Waals surface area contributed by atoms with Crippen molar-refractivity contribution in [3.05, 3.63) is 152 Å². The number of hydrogen-bond donors (Lipinski definition) is 2. The number of benzene rings is 5. The summed E-state index contributed by atoms with van der Waals surface area (Å²) in [5, 5.41) is 1.47. The quantitative estimate of drug-likeness (QED) is 0.151. The molecule has 6 rings (SSSR count). The van der Waals surface area contributed by atoms with Gasteiger partial charge in [0.1, 0.15) is 22.1 Å². The van der Waals surface area contributed by atoms with E-state index in [1.165, 1.54) is 22.8 Å². The summed E-state index contributed by atoms with van der Waals surface area (Å²) < 4.78 is 67.5. The maximum atomic E-state index is 12.5. The molecule has 2 N–H and O–H groups in total. The summed E-state index contributed by atoms with van der Waals surface area (Å²) in [6, 6.07) is 27.7. The molecule has 1 aliphatic rings. The first-order valence-corrected chi connectivity index (χ1v) is 17.1. The van der Waals surface area contributed by atoms with E-state index in [-0.39, 0.29) is 4.90 Å². The summed E-state index contributed by atoms with van der Waals surface area (Å²) in [4.78, 5) is -0.191. The van der Waals surface area contributed by atoms with Crippen LogP contribution in [0.2, 0.25) is 0 Å². The van der Waals surface area contributed by atoms with Gasteiger partial charge in [0.05, 0.1) is 0 Å². The molecule has 0 amide bonds. The fourth-order valence-electron chi connectivity index (χ4n) is 6.07. The highest BCUT2D eigenvalue weighted by Gasteiger charge is 2.25. The smallest absolute Gasteiger partial charge is 0.357 e. The zero-order valence-corrected chi connectivity index (χ0v) is 27.3. The Hall–Kier alpha value is -4.54. The molecule has 1 heterocycles. The highest BCUT2D eigenvalue weighted by atomic mass is 32.2. The van der Waals surface area contributed by atoms with Gasteiger partial charge in [-0.2, -0.15) is 12.6 Å². The molecule has 1 aliphatic heterocycles. The normalized spacial score (nSPS) is 13.5. The van der Waals surface area contributed by atoms with Crippen molar-refractivity contribution >= 4 is 33.1 Å². The molecule has 0 spiro atoms. The largest absolute Gasteiger partial charge is 0.456 e. The van der Waals surface area contributed by atoms with Gasteiger partial charge in [0.15, 0.2) is 0 Å². The van der Waals surface area contributed by atoms with Crippen molar-refractivity contribution in [1.29, 1.82) is 0 Å². The van der Waals surface area contributed by atoms with Crippen molar-refractivity contribution < 1.29 is 30.7 Å². The molecule has 5 aromatic carbocycles. The molecular formula is C37H32O7S2. The van der Waals surface area contributed by atoms with Crippen LogP contribution in [-0.4, -0.2) is 21.7 Å². The lowest BCUT2D eigenvalue weighted by molar-refractivity contribution is 0.456. The molecule has 0 saturated heterocycles. The lowest BCUT2D eigenvalue weighted by atomic mass is 9.90. The standard InChI is InChI=1S/C37H32O7S2/c1-22-8-7-9-23(2)31(22)18-26-13-15-28-34(20-26)43-35-21-27(19-32-24(3)12-17-33(25(32)4)44-45(38)39)14-16-29(35)37(28)30-10-5-6-11-36(30)46(40,41)42/h5-17,19-21H,18H2,1-4H3,(H,38,39)(H,40,41,42)/b27-19+. The Morgan fingerprint density at radius 2 is 1.54 bits per heavy atom.